The van der Waals surface area contributed by atoms with Gasteiger partial charge in [-0.15, -0.1) is 0 Å². The average molecular weight is 256 g/mol. The molecule has 0 aliphatic rings. The first-order valence-corrected chi connectivity index (χ1v) is 6.81. The van der Waals surface area contributed by atoms with Crippen LogP contribution in [0.3, 0.4) is 0 Å². The van der Waals surface area contributed by atoms with Gasteiger partial charge in [-0.2, -0.15) is 4.40 Å². The van der Waals surface area contributed by atoms with Crippen LogP contribution in [0.2, 0.25) is 0 Å². The Hall–Kier alpha value is -2.67. The number of hydrogen-bond donors (Lipinski definition) is 0. The number of rotatable bonds is 1. The van der Waals surface area contributed by atoms with E-state index in [1.807, 2.05) is 0 Å². The fourth-order valence-corrected chi connectivity index (χ4v) is 2.80. The first kappa shape index (κ1) is 11.2. The normalized spacial score (nSPS) is 11.0. The molecule has 1 nitrogen and oxygen atoms in total. The van der Waals surface area contributed by atoms with Crippen molar-refractivity contribution in [2.45, 2.75) is 0 Å². The molecule has 0 spiro atoms. The molecule has 0 fully saturated rings. The van der Waals surface area contributed by atoms with Gasteiger partial charge in [0.1, 0.15) is 0 Å². The third kappa shape index (κ3) is 1.68. The van der Waals surface area contributed by atoms with Crippen molar-refractivity contribution in [1.29, 1.82) is 0 Å². The Bertz CT molecular complexity index is 841. The Morgan fingerprint density at radius 3 is 2.30 bits per heavy atom. The van der Waals surface area contributed by atoms with Gasteiger partial charge >= 0.3 is 0 Å². The number of nitrogens with zero attached hydrogens (tertiary/aromatic N) is 1. The topological polar surface area (TPSA) is 4.10 Å². The van der Waals surface area contributed by atoms with Gasteiger partial charge in [0, 0.05) is 23.8 Å². The lowest BCUT2D eigenvalue weighted by Gasteiger charge is -2.05. The van der Waals surface area contributed by atoms with Crippen molar-refractivity contribution in [3.8, 4) is 11.3 Å². The summed E-state index contributed by atoms with van der Waals surface area (Å²) in [6, 6.07) is 27.7. The average Bonchev–Trinajstić information content (AvgIpc) is 2.53. The molecule has 1 heteroatoms. The van der Waals surface area contributed by atoms with E-state index in [2.05, 4.69) is 89.5 Å². The van der Waals surface area contributed by atoms with Crippen molar-refractivity contribution in [3.05, 3.63) is 85.1 Å². The zero-order valence-electron chi connectivity index (χ0n) is 11.0. The molecule has 0 atom stereocenters. The maximum atomic E-state index is 2.26. The van der Waals surface area contributed by atoms with Crippen molar-refractivity contribution >= 4 is 16.3 Å². The van der Waals surface area contributed by atoms with Gasteiger partial charge in [-0.05, 0) is 29.7 Å². The lowest BCUT2D eigenvalue weighted by atomic mass is 10.0. The molecule has 0 aliphatic carbocycles. The predicted molar refractivity (Wildman–Crippen MR) is 82.5 cm³/mol. The minimum atomic E-state index is 1.21. The second-order valence-electron chi connectivity index (χ2n) is 4.94. The molecule has 0 radical (unpaired) electrons. The molecule has 2 aromatic heterocycles. The second-order valence-corrected chi connectivity index (χ2v) is 4.94. The minimum absolute atomic E-state index is 1.21. The van der Waals surface area contributed by atoms with Crippen LogP contribution in [0.1, 0.15) is 0 Å². The Morgan fingerprint density at radius 1 is 0.650 bits per heavy atom. The molecule has 0 amide bonds. The van der Waals surface area contributed by atoms with Crippen LogP contribution in [0.4, 0.5) is 0 Å². The van der Waals surface area contributed by atoms with Crippen molar-refractivity contribution in [2.24, 2.45) is 0 Å². The Kier molecular flexibility index (Phi) is 2.49. The summed E-state index contributed by atoms with van der Waals surface area (Å²) in [5.41, 5.74) is 3.70. The summed E-state index contributed by atoms with van der Waals surface area (Å²) in [5.74, 6) is 0. The lowest BCUT2D eigenvalue weighted by molar-refractivity contribution is -0.498. The molecule has 20 heavy (non-hydrogen) atoms. The van der Waals surface area contributed by atoms with Crippen LogP contribution < -0.4 is 4.40 Å². The van der Waals surface area contributed by atoms with Crippen molar-refractivity contribution < 1.29 is 4.40 Å². The molecular formula is C19H14N+. The molecule has 0 saturated carbocycles. The number of benzene rings is 2. The molecule has 0 unspecified atom stereocenters. The van der Waals surface area contributed by atoms with Crippen LogP contribution in [0.5, 0.6) is 0 Å². The monoisotopic (exact) mass is 256 g/mol. The Labute approximate surface area is 117 Å². The van der Waals surface area contributed by atoms with Gasteiger partial charge < -0.3 is 0 Å². The molecule has 0 aliphatic heterocycles. The summed E-state index contributed by atoms with van der Waals surface area (Å²) in [5, 5.41) is 2.56. The lowest BCUT2D eigenvalue weighted by Crippen LogP contribution is -2.24. The molecule has 2 aromatic carbocycles. The number of aromatic nitrogens is 1. The van der Waals surface area contributed by atoms with Gasteiger partial charge in [0.25, 0.3) is 0 Å². The van der Waals surface area contributed by atoms with Gasteiger partial charge in [0.15, 0.2) is 6.20 Å². The van der Waals surface area contributed by atoms with Gasteiger partial charge in [0.2, 0.25) is 11.2 Å². The molecule has 4 rings (SSSR count). The smallest absolute Gasteiger partial charge is 0.159 e. The summed E-state index contributed by atoms with van der Waals surface area (Å²) in [4.78, 5) is 0. The van der Waals surface area contributed by atoms with Crippen LogP contribution >= 0.6 is 0 Å². The second kappa shape index (κ2) is 4.46. The van der Waals surface area contributed by atoms with Crippen molar-refractivity contribution in [1.82, 2.24) is 0 Å². The van der Waals surface area contributed by atoms with E-state index in [1.54, 1.807) is 0 Å². The maximum Gasteiger partial charge on any atom is 0.226 e. The van der Waals surface area contributed by atoms with Gasteiger partial charge in [-0.3, -0.25) is 0 Å². The fraction of sp³-hybridized carbons (Fsp3) is 0. The summed E-state index contributed by atoms with van der Waals surface area (Å²) in [6.45, 7) is 0. The summed E-state index contributed by atoms with van der Waals surface area (Å²) in [6.07, 6.45) is 2.13. The largest absolute Gasteiger partial charge is 0.226 e. The molecule has 94 valence electrons. The highest BCUT2D eigenvalue weighted by atomic mass is 14.9. The highest BCUT2D eigenvalue weighted by molar-refractivity contribution is 5.94. The van der Waals surface area contributed by atoms with E-state index < -0.39 is 0 Å². The number of pyridine rings is 2. The summed E-state index contributed by atoms with van der Waals surface area (Å²) in [7, 11) is 0. The van der Waals surface area contributed by atoms with Crippen LogP contribution in [0.15, 0.2) is 85.1 Å². The van der Waals surface area contributed by atoms with Crippen LogP contribution in [-0.4, -0.2) is 0 Å². The van der Waals surface area contributed by atoms with E-state index in [4.69, 9.17) is 0 Å². The van der Waals surface area contributed by atoms with E-state index in [-0.39, 0.29) is 0 Å². The minimum Gasteiger partial charge on any atom is -0.159 e. The number of hydrogen-bond acceptors (Lipinski definition) is 0. The van der Waals surface area contributed by atoms with E-state index in [9.17, 15) is 0 Å². The van der Waals surface area contributed by atoms with Gasteiger partial charge in [0.05, 0.1) is 5.39 Å². The van der Waals surface area contributed by atoms with Gasteiger partial charge in [-0.25, -0.2) is 0 Å². The zero-order chi connectivity index (χ0) is 13.4. The molecule has 0 N–H and O–H groups in total. The summed E-state index contributed by atoms with van der Waals surface area (Å²) >= 11 is 0. The van der Waals surface area contributed by atoms with E-state index in [0.717, 1.165) is 0 Å². The highest BCUT2D eigenvalue weighted by Crippen LogP contribution is 2.26. The first-order chi connectivity index (χ1) is 9.93. The number of fused-ring (bicyclic) bond motifs is 2. The van der Waals surface area contributed by atoms with Crippen LogP contribution in [0, 0.1) is 0 Å². The van der Waals surface area contributed by atoms with E-state index in [1.165, 1.54) is 27.5 Å². The highest BCUT2D eigenvalue weighted by Gasteiger charge is 2.16. The van der Waals surface area contributed by atoms with Crippen molar-refractivity contribution in [3.63, 3.8) is 0 Å². The third-order valence-corrected chi connectivity index (χ3v) is 3.70. The third-order valence-electron chi connectivity index (χ3n) is 3.70. The Balaban J connectivity index is 2.24. The fourth-order valence-electron chi connectivity index (χ4n) is 2.80. The molecule has 4 aromatic rings. The Morgan fingerprint density at radius 2 is 1.40 bits per heavy atom. The molecule has 2 heterocycles. The predicted octanol–water partition coefficient (Wildman–Crippen LogP) is 4.25. The quantitative estimate of drug-likeness (QED) is 0.354. The van der Waals surface area contributed by atoms with E-state index in [0.29, 0.717) is 0 Å². The standard InChI is InChI=1S/C19H14N/c1-2-8-15(9-3-1)19-18-12-5-4-10-16(18)14-17-11-6-7-13-20(17)19/h1-14H/q+1. The molecule has 0 bridgehead atoms. The van der Waals surface area contributed by atoms with Gasteiger partial charge in [-0.1, -0.05) is 36.4 Å². The molecule has 0 saturated heterocycles. The maximum absolute atomic E-state index is 2.26. The summed E-state index contributed by atoms with van der Waals surface area (Å²) < 4.78 is 2.26. The first-order valence-electron chi connectivity index (χ1n) is 6.81. The molecular weight excluding hydrogens is 242 g/mol. The SMILES string of the molecule is c1ccc(-c2c3ccccc3cc3cccc[n+]23)cc1. The van der Waals surface area contributed by atoms with Crippen molar-refractivity contribution in [2.75, 3.05) is 0 Å². The van der Waals surface area contributed by atoms with E-state index >= 15 is 0 Å². The van der Waals surface area contributed by atoms with Crippen LogP contribution in [-0.2, 0) is 0 Å². The van der Waals surface area contributed by atoms with Crippen LogP contribution in [0.25, 0.3) is 27.5 Å². The zero-order valence-corrected chi connectivity index (χ0v) is 11.0.